The molecule has 2 rings (SSSR count). The van der Waals surface area contributed by atoms with Crippen molar-refractivity contribution in [3.8, 4) is 0 Å². The van der Waals surface area contributed by atoms with Crippen LogP contribution in [-0.2, 0) is 4.79 Å². The maximum Gasteiger partial charge on any atom is 0.235 e. The lowest BCUT2D eigenvalue weighted by Crippen LogP contribution is -2.15. The Morgan fingerprint density at radius 2 is 2.31 bits per heavy atom. The molecule has 1 aromatic rings. The number of nitrogens with one attached hydrogen (secondary N) is 1. The third kappa shape index (κ3) is 2.40. The topological polar surface area (TPSA) is 41.5 Å². The number of nitrogens with zero attached hydrogens (tertiary/aromatic N) is 1. The number of aliphatic imine (C=N–C) groups is 1. The summed E-state index contributed by atoms with van der Waals surface area (Å²) in [6.07, 6.45) is 2.75. The molecule has 3 nitrogen and oxygen atoms in total. The standard InChI is InChI=1S/C12H13BrN2O/c13-11-4-2-1-3-10(11)12(15-8-16)9-5-6-14-7-9/h1-4,9,12,14H,5-7H2. The van der Waals surface area contributed by atoms with Crippen molar-refractivity contribution in [1.82, 2.24) is 5.32 Å². The normalized spacial score (nSPS) is 21.4. The Morgan fingerprint density at radius 1 is 1.50 bits per heavy atom. The molecule has 0 spiro atoms. The highest BCUT2D eigenvalue weighted by atomic mass is 79.9. The van der Waals surface area contributed by atoms with Crippen molar-refractivity contribution < 1.29 is 4.79 Å². The summed E-state index contributed by atoms with van der Waals surface area (Å²) < 4.78 is 1.01. The lowest BCUT2D eigenvalue weighted by molar-refractivity contribution is 0.464. The quantitative estimate of drug-likeness (QED) is 0.683. The molecule has 0 amide bonds. The van der Waals surface area contributed by atoms with E-state index in [0.717, 1.165) is 29.5 Å². The fourth-order valence-corrected chi connectivity index (χ4v) is 2.67. The van der Waals surface area contributed by atoms with Crippen molar-refractivity contribution in [2.45, 2.75) is 12.5 Å². The first-order valence-corrected chi connectivity index (χ1v) is 6.14. The molecule has 1 aromatic carbocycles. The second-order valence-corrected chi connectivity index (χ2v) is 4.79. The Kier molecular flexibility index (Phi) is 3.88. The van der Waals surface area contributed by atoms with Gasteiger partial charge in [0, 0.05) is 16.9 Å². The van der Waals surface area contributed by atoms with Gasteiger partial charge in [0.05, 0.1) is 6.04 Å². The molecule has 0 aromatic heterocycles. The molecule has 0 saturated carbocycles. The molecule has 1 N–H and O–H groups in total. The van der Waals surface area contributed by atoms with Crippen LogP contribution in [0.1, 0.15) is 18.0 Å². The second-order valence-electron chi connectivity index (χ2n) is 3.94. The molecule has 0 radical (unpaired) electrons. The highest BCUT2D eigenvalue weighted by Crippen LogP contribution is 2.34. The van der Waals surface area contributed by atoms with Crippen molar-refractivity contribution in [2.24, 2.45) is 10.9 Å². The highest BCUT2D eigenvalue weighted by molar-refractivity contribution is 9.10. The summed E-state index contributed by atoms with van der Waals surface area (Å²) in [6.45, 7) is 1.91. The summed E-state index contributed by atoms with van der Waals surface area (Å²) in [6, 6.07) is 7.83. The summed E-state index contributed by atoms with van der Waals surface area (Å²) >= 11 is 3.50. The van der Waals surface area contributed by atoms with Crippen LogP contribution >= 0.6 is 15.9 Å². The minimum Gasteiger partial charge on any atom is -0.316 e. The first kappa shape index (κ1) is 11.5. The van der Waals surface area contributed by atoms with Gasteiger partial charge < -0.3 is 5.32 Å². The highest BCUT2D eigenvalue weighted by Gasteiger charge is 2.27. The van der Waals surface area contributed by atoms with Crippen molar-refractivity contribution in [2.75, 3.05) is 13.1 Å². The first-order valence-electron chi connectivity index (χ1n) is 5.35. The second kappa shape index (κ2) is 5.39. The van der Waals surface area contributed by atoms with Gasteiger partial charge >= 0.3 is 0 Å². The van der Waals surface area contributed by atoms with E-state index in [4.69, 9.17) is 0 Å². The van der Waals surface area contributed by atoms with E-state index in [1.165, 1.54) is 0 Å². The number of benzene rings is 1. The predicted molar refractivity (Wildman–Crippen MR) is 66.0 cm³/mol. The van der Waals surface area contributed by atoms with Gasteiger partial charge in [-0.05, 0) is 24.6 Å². The lowest BCUT2D eigenvalue weighted by Gasteiger charge is -2.18. The zero-order chi connectivity index (χ0) is 11.4. The van der Waals surface area contributed by atoms with E-state index in [9.17, 15) is 4.79 Å². The van der Waals surface area contributed by atoms with Crippen LogP contribution in [0.25, 0.3) is 0 Å². The molecule has 1 heterocycles. The molecule has 2 unspecified atom stereocenters. The molecule has 4 heteroatoms. The monoisotopic (exact) mass is 280 g/mol. The van der Waals surface area contributed by atoms with Gasteiger partial charge in [0.15, 0.2) is 0 Å². The number of halogens is 1. The summed E-state index contributed by atoms with van der Waals surface area (Å²) in [5, 5.41) is 3.30. The van der Waals surface area contributed by atoms with E-state index in [1.807, 2.05) is 24.3 Å². The molecule has 1 saturated heterocycles. The van der Waals surface area contributed by atoms with Crippen LogP contribution in [-0.4, -0.2) is 19.2 Å². The maximum absolute atomic E-state index is 10.5. The number of rotatable bonds is 3. The minimum absolute atomic E-state index is 0.0805. The van der Waals surface area contributed by atoms with E-state index >= 15 is 0 Å². The molecule has 1 fully saturated rings. The molecule has 1 aliphatic rings. The Labute approximate surface area is 103 Å². The van der Waals surface area contributed by atoms with Gasteiger partial charge in [0.25, 0.3) is 0 Å². The van der Waals surface area contributed by atoms with Crippen molar-refractivity contribution in [3.05, 3.63) is 34.3 Å². The molecule has 2 atom stereocenters. The van der Waals surface area contributed by atoms with E-state index in [1.54, 1.807) is 6.08 Å². The average Bonchev–Trinajstić information content (AvgIpc) is 2.80. The van der Waals surface area contributed by atoms with Gasteiger partial charge in [0.1, 0.15) is 0 Å². The number of isocyanates is 1. The van der Waals surface area contributed by atoms with Crippen LogP contribution < -0.4 is 5.32 Å². The Bertz CT molecular complexity index is 409. The molecule has 16 heavy (non-hydrogen) atoms. The Morgan fingerprint density at radius 3 is 2.94 bits per heavy atom. The zero-order valence-electron chi connectivity index (χ0n) is 8.82. The van der Waals surface area contributed by atoms with Crippen LogP contribution in [0.3, 0.4) is 0 Å². The van der Waals surface area contributed by atoms with Crippen LogP contribution in [0.5, 0.6) is 0 Å². The number of hydrogen-bond acceptors (Lipinski definition) is 3. The zero-order valence-corrected chi connectivity index (χ0v) is 10.4. The molecule has 84 valence electrons. The minimum atomic E-state index is -0.0805. The number of carbonyl (C=O) groups excluding carboxylic acids is 1. The lowest BCUT2D eigenvalue weighted by atomic mass is 9.93. The third-order valence-corrected chi connectivity index (χ3v) is 3.68. The smallest absolute Gasteiger partial charge is 0.235 e. The molecule has 0 aliphatic carbocycles. The third-order valence-electron chi connectivity index (χ3n) is 2.96. The first-order chi connectivity index (χ1) is 7.83. The van der Waals surface area contributed by atoms with Crippen molar-refractivity contribution in [1.29, 1.82) is 0 Å². The van der Waals surface area contributed by atoms with Crippen LogP contribution in [0.2, 0.25) is 0 Å². The van der Waals surface area contributed by atoms with Crippen molar-refractivity contribution >= 4 is 22.0 Å². The van der Waals surface area contributed by atoms with Crippen molar-refractivity contribution in [3.63, 3.8) is 0 Å². The average molecular weight is 281 g/mol. The fourth-order valence-electron chi connectivity index (χ4n) is 2.15. The Balaban J connectivity index is 2.31. The van der Waals surface area contributed by atoms with E-state index in [-0.39, 0.29) is 6.04 Å². The summed E-state index contributed by atoms with van der Waals surface area (Å²) in [5.74, 6) is 0.389. The van der Waals surface area contributed by atoms with Gasteiger partial charge in [0.2, 0.25) is 6.08 Å². The molecular formula is C12H13BrN2O. The predicted octanol–water partition coefficient (Wildman–Crippen LogP) is 2.44. The van der Waals surface area contributed by atoms with E-state index < -0.39 is 0 Å². The summed E-state index contributed by atoms with van der Waals surface area (Å²) in [5.41, 5.74) is 1.07. The van der Waals surface area contributed by atoms with Gasteiger partial charge in [-0.15, -0.1) is 0 Å². The van der Waals surface area contributed by atoms with Crippen LogP contribution in [0, 0.1) is 5.92 Å². The fraction of sp³-hybridized carbons (Fsp3) is 0.417. The van der Waals surface area contributed by atoms with Gasteiger partial charge in [-0.2, -0.15) is 4.99 Å². The van der Waals surface area contributed by atoms with E-state index in [0.29, 0.717) is 5.92 Å². The van der Waals surface area contributed by atoms with Crippen LogP contribution in [0.15, 0.2) is 33.7 Å². The van der Waals surface area contributed by atoms with Gasteiger partial charge in [-0.25, -0.2) is 4.79 Å². The maximum atomic E-state index is 10.5. The summed E-state index contributed by atoms with van der Waals surface area (Å²) in [7, 11) is 0. The largest absolute Gasteiger partial charge is 0.316 e. The van der Waals surface area contributed by atoms with Crippen LogP contribution in [0.4, 0.5) is 0 Å². The van der Waals surface area contributed by atoms with Gasteiger partial charge in [-0.1, -0.05) is 34.1 Å². The van der Waals surface area contributed by atoms with Gasteiger partial charge in [-0.3, -0.25) is 0 Å². The SMILES string of the molecule is O=C=NC(c1ccccc1Br)C1CCNC1. The number of hydrogen-bond donors (Lipinski definition) is 1. The van der Waals surface area contributed by atoms with E-state index in [2.05, 4.69) is 26.2 Å². The molecule has 1 aliphatic heterocycles. The summed E-state index contributed by atoms with van der Waals surface area (Å²) in [4.78, 5) is 14.5. The molecular weight excluding hydrogens is 268 g/mol. The Hall–Kier alpha value is -0.960. The molecule has 0 bridgehead atoms.